The third kappa shape index (κ3) is 3.44. The van der Waals surface area contributed by atoms with Gasteiger partial charge in [-0.05, 0) is 44.2 Å². The van der Waals surface area contributed by atoms with Crippen molar-refractivity contribution < 1.29 is 0 Å². The molecule has 110 valence electrons. The number of fused-ring (bicyclic) bond motifs is 1. The Morgan fingerprint density at radius 2 is 2.19 bits per heavy atom. The van der Waals surface area contributed by atoms with Gasteiger partial charge in [-0.3, -0.25) is 5.43 Å². The van der Waals surface area contributed by atoms with E-state index < -0.39 is 0 Å². The normalized spacial score (nSPS) is 16.6. The van der Waals surface area contributed by atoms with E-state index in [9.17, 15) is 0 Å². The molecule has 0 spiro atoms. The quantitative estimate of drug-likeness (QED) is 0.504. The van der Waals surface area contributed by atoms with E-state index in [-0.39, 0.29) is 0 Å². The first-order valence-electron chi connectivity index (χ1n) is 7.19. The zero-order valence-corrected chi connectivity index (χ0v) is 13.6. The van der Waals surface area contributed by atoms with Crippen LogP contribution in [0.5, 0.6) is 0 Å². The molecule has 1 aliphatic rings. The molecule has 21 heavy (non-hydrogen) atoms. The molecule has 0 bridgehead atoms. The number of anilines is 1. The SMILES string of the molecule is Cc1ccc2c(c1)/C(=N/Nc1nc(CCl)cs1)CCCC2. The minimum absolute atomic E-state index is 0.441. The molecule has 0 atom stereocenters. The van der Waals surface area contributed by atoms with Gasteiger partial charge in [0.2, 0.25) is 5.13 Å². The van der Waals surface area contributed by atoms with Gasteiger partial charge in [0, 0.05) is 10.9 Å². The molecule has 0 radical (unpaired) electrons. The molecular formula is C16H18ClN3S. The first-order valence-corrected chi connectivity index (χ1v) is 8.60. The number of hydrogen-bond acceptors (Lipinski definition) is 4. The lowest BCUT2D eigenvalue weighted by molar-refractivity contribution is 0.775. The summed E-state index contributed by atoms with van der Waals surface area (Å²) in [6.07, 6.45) is 4.56. The molecule has 1 heterocycles. The van der Waals surface area contributed by atoms with Crippen LogP contribution in [0.3, 0.4) is 0 Å². The van der Waals surface area contributed by atoms with Crippen molar-refractivity contribution in [2.75, 3.05) is 5.43 Å². The Morgan fingerprint density at radius 1 is 1.33 bits per heavy atom. The van der Waals surface area contributed by atoms with Crippen LogP contribution < -0.4 is 5.43 Å². The molecule has 0 saturated carbocycles. The van der Waals surface area contributed by atoms with E-state index in [0.717, 1.165) is 29.4 Å². The zero-order chi connectivity index (χ0) is 14.7. The maximum absolute atomic E-state index is 5.78. The highest BCUT2D eigenvalue weighted by Crippen LogP contribution is 2.23. The van der Waals surface area contributed by atoms with Gasteiger partial charge in [0.15, 0.2) is 0 Å². The van der Waals surface area contributed by atoms with Gasteiger partial charge in [-0.2, -0.15) is 5.10 Å². The van der Waals surface area contributed by atoms with Crippen LogP contribution in [0, 0.1) is 6.92 Å². The molecule has 5 heteroatoms. The minimum Gasteiger partial charge on any atom is -0.252 e. The number of alkyl halides is 1. The standard InChI is InChI=1S/C16H18ClN3S/c1-11-6-7-12-4-2-3-5-15(14(12)8-11)19-20-16-18-13(9-17)10-21-16/h6-8,10H,2-5,9H2,1H3,(H,18,20)/b19-15+. The van der Waals surface area contributed by atoms with Crippen LogP contribution in [0.25, 0.3) is 0 Å². The maximum atomic E-state index is 5.78. The topological polar surface area (TPSA) is 37.3 Å². The van der Waals surface area contributed by atoms with Crippen molar-refractivity contribution in [3.8, 4) is 0 Å². The lowest BCUT2D eigenvalue weighted by Crippen LogP contribution is -2.06. The molecule has 0 saturated heterocycles. The Labute approximate surface area is 134 Å². The molecule has 1 N–H and O–H groups in total. The van der Waals surface area contributed by atoms with Gasteiger partial charge in [-0.1, -0.05) is 17.7 Å². The summed E-state index contributed by atoms with van der Waals surface area (Å²) >= 11 is 7.31. The van der Waals surface area contributed by atoms with Gasteiger partial charge in [-0.25, -0.2) is 4.98 Å². The number of aryl methyl sites for hydroxylation is 2. The summed E-state index contributed by atoms with van der Waals surface area (Å²) in [6, 6.07) is 6.66. The number of halogens is 1. The second-order valence-electron chi connectivity index (χ2n) is 5.32. The Hall–Kier alpha value is -1.39. The van der Waals surface area contributed by atoms with E-state index in [1.807, 2.05) is 5.38 Å². The predicted molar refractivity (Wildman–Crippen MR) is 90.6 cm³/mol. The Morgan fingerprint density at radius 3 is 3.00 bits per heavy atom. The van der Waals surface area contributed by atoms with Crippen LogP contribution in [0.4, 0.5) is 5.13 Å². The maximum Gasteiger partial charge on any atom is 0.203 e. The summed E-state index contributed by atoms with van der Waals surface area (Å²) in [5.41, 5.74) is 9.09. The number of nitrogens with zero attached hydrogens (tertiary/aromatic N) is 2. The lowest BCUT2D eigenvalue weighted by Gasteiger charge is -2.09. The highest BCUT2D eigenvalue weighted by Gasteiger charge is 2.14. The average molecular weight is 320 g/mol. The molecule has 0 aliphatic heterocycles. The van der Waals surface area contributed by atoms with E-state index in [2.05, 4.69) is 40.6 Å². The highest BCUT2D eigenvalue weighted by atomic mass is 35.5. The summed E-state index contributed by atoms with van der Waals surface area (Å²) in [6.45, 7) is 2.13. The summed E-state index contributed by atoms with van der Waals surface area (Å²) in [5.74, 6) is 0.441. The third-order valence-corrected chi connectivity index (χ3v) is 4.73. The second kappa shape index (κ2) is 6.58. The van der Waals surface area contributed by atoms with Gasteiger partial charge in [0.1, 0.15) is 0 Å². The van der Waals surface area contributed by atoms with Crippen molar-refractivity contribution in [3.63, 3.8) is 0 Å². The Kier molecular flexibility index (Phi) is 4.56. The van der Waals surface area contributed by atoms with E-state index in [0.29, 0.717) is 5.88 Å². The fourth-order valence-corrected chi connectivity index (χ4v) is 3.45. The van der Waals surface area contributed by atoms with Gasteiger partial charge >= 0.3 is 0 Å². The summed E-state index contributed by atoms with van der Waals surface area (Å²) in [5, 5.41) is 7.38. The van der Waals surface area contributed by atoms with Crippen molar-refractivity contribution in [2.24, 2.45) is 5.10 Å². The molecule has 3 rings (SSSR count). The van der Waals surface area contributed by atoms with Crippen molar-refractivity contribution in [1.29, 1.82) is 0 Å². The highest BCUT2D eigenvalue weighted by molar-refractivity contribution is 7.13. The van der Waals surface area contributed by atoms with Crippen molar-refractivity contribution in [1.82, 2.24) is 4.98 Å². The summed E-state index contributed by atoms with van der Waals surface area (Å²) in [7, 11) is 0. The van der Waals surface area contributed by atoms with E-state index in [1.54, 1.807) is 0 Å². The van der Waals surface area contributed by atoms with Gasteiger partial charge in [0.25, 0.3) is 0 Å². The van der Waals surface area contributed by atoms with Crippen LogP contribution in [0.2, 0.25) is 0 Å². The largest absolute Gasteiger partial charge is 0.252 e. The molecule has 1 aliphatic carbocycles. The molecule has 1 aromatic heterocycles. The number of aromatic nitrogens is 1. The fraction of sp³-hybridized carbons (Fsp3) is 0.375. The number of nitrogens with one attached hydrogen (secondary N) is 1. The first kappa shape index (κ1) is 14.5. The average Bonchev–Trinajstić information content (AvgIpc) is 2.86. The fourth-order valence-electron chi connectivity index (χ4n) is 2.57. The number of thiazole rings is 1. The van der Waals surface area contributed by atoms with Crippen molar-refractivity contribution >= 4 is 33.8 Å². The summed E-state index contributed by atoms with van der Waals surface area (Å²) < 4.78 is 0. The first-order chi connectivity index (χ1) is 10.3. The number of hydrazone groups is 1. The lowest BCUT2D eigenvalue weighted by atomic mass is 9.99. The molecular weight excluding hydrogens is 302 g/mol. The molecule has 2 aromatic rings. The van der Waals surface area contributed by atoms with E-state index in [1.165, 1.54) is 40.9 Å². The minimum atomic E-state index is 0.441. The van der Waals surface area contributed by atoms with Gasteiger partial charge in [0.05, 0.1) is 17.3 Å². The molecule has 0 unspecified atom stereocenters. The van der Waals surface area contributed by atoms with E-state index in [4.69, 9.17) is 11.6 Å². The number of benzene rings is 1. The Bertz CT molecular complexity index is 663. The zero-order valence-electron chi connectivity index (χ0n) is 12.0. The molecule has 0 amide bonds. The molecule has 1 aromatic carbocycles. The molecule has 3 nitrogen and oxygen atoms in total. The second-order valence-corrected chi connectivity index (χ2v) is 6.44. The van der Waals surface area contributed by atoms with Crippen LogP contribution in [0.1, 0.15) is 41.6 Å². The van der Waals surface area contributed by atoms with E-state index >= 15 is 0 Å². The third-order valence-electron chi connectivity index (χ3n) is 3.66. The summed E-state index contributed by atoms with van der Waals surface area (Å²) in [4.78, 5) is 4.38. The van der Waals surface area contributed by atoms with Crippen LogP contribution in [0.15, 0.2) is 28.7 Å². The molecule has 0 fully saturated rings. The predicted octanol–water partition coefficient (Wildman–Crippen LogP) is 4.73. The Balaban J connectivity index is 1.87. The van der Waals surface area contributed by atoms with Crippen molar-refractivity contribution in [2.45, 2.75) is 38.5 Å². The van der Waals surface area contributed by atoms with Crippen molar-refractivity contribution in [3.05, 3.63) is 46.0 Å². The van der Waals surface area contributed by atoms with Crippen LogP contribution in [-0.2, 0) is 12.3 Å². The van der Waals surface area contributed by atoms with Gasteiger partial charge in [-0.15, -0.1) is 22.9 Å². The monoisotopic (exact) mass is 319 g/mol. The van der Waals surface area contributed by atoms with Crippen LogP contribution in [-0.4, -0.2) is 10.7 Å². The van der Waals surface area contributed by atoms with Gasteiger partial charge < -0.3 is 0 Å². The number of rotatable bonds is 3. The smallest absolute Gasteiger partial charge is 0.203 e. The van der Waals surface area contributed by atoms with Crippen LogP contribution >= 0.6 is 22.9 Å². The number of hydrogen-bond donors (Lipinski definition) is 1.